The summed E-state index contributed by atoms with van der Waals surface area (Å²) in [4.78, 5) is 3.81. The molecule has 1 rings (SSSR count). The molecule has 0 unspecified atom stereocenters. The summed E-state index contributed by atoms with van der Waals surface area (Å²) in [6, 6.07) is 3.15. The van der Waals surface area contributed by atoms with Gasteiger partial charge >= 0.3 is 0 Å². The molecule has 0 aromatic carbocycles. The van der Waals surface area contributed by atoms with Gasteiger partial charge in [0, 0.05) is 0 Å². The second-order valence-corrected chi connectivity index (χ2v) is 5.92. The summed E-state index contributed by atoms with van der Waals surface area (Å²) >= 11 is 0. The summed E-state index contributed by atoms with van der Waals surface area (Å²) in [5, 5.41) is 0. The number of sulfonamides is 1. The molecule has 1 aromatic heterocycles. The Hall–Kier alpha value is -1.30. The van der Waals surface area contributed by atoms with Crippen molar-refractivity contribution >= 4 is 21.5 Å². The molecule has 0 fully saturated rings. The molecule has 0 spiro atoms. The van der Waals surface area contributed by atoms with Crippen LogP contribution in [-0.2, 0) is 10.0 Å². The first-order valence-electron chi connectivity index (χ1n) is 5.11. The van der Waals surface area contributed by atoms with Crippen LogP contribution in [0.5, 0.6) is 0 Å². The van der Waals surface area contributed by atoms with Gasteiger partial charge in [-0.2, -0.15) is 0 Å². The molecule has 1 aromatic rings. The highest BCUT2D eigenvalue weighted by molar-refractivity contribution is 7.92. The van der Waals surface area contributed by atoms with Crippen LogP contribution in [0.3, 0.4) is 0 Å². The molecule has 0 amide bonds. The van der Waals surface area contributed by atoms with E-state index in [1.165, 1.54) is 6.20 Å². The van der Waals surface area contributed by atoms with E-state index in [0.717, 1.165) is 0 Å². The summed E-state index contributed by atoms with van der Waals surface area (Å²) in [6.45, 7) is 3.97. The van der Waals surface area contributed by atoms with Gasteiger partial charge in [0.1, 0.15) is 5.82 Å². The Morgan fingerprint density at radius 1 is 1.44 bits per heavy atom. The topological polar surface area (TPSA) is 85.1 Å². The van der Waals surface area contributed by atoms with Crippen LogP contribution in [0.25, 0.3) is 0 Å². The molecule has 0 saturated heterocycles. The molecule has 0 bridgehead atoms. The summed E-state index contributed by atoms with van der Waals surface area (Å²) in [5.74, 6) is 0.848. The van der Waals surface area contributed by atoms with Crippen molar-refractivity contribution in [3.63, 3.8) is 0 Å². The number of hydrogen-bond donors (Lipinski definition) is 2. The van der Waals surface area contributed by atoms with E-state index in [4.69, 9.17) is 5.73 Å². The van der Waals surface area contributed by atoms with Gasteiger partial charge in [0.2, 0.25) is 10.0 Å². The predicted octanol–water partition coefficient (Wildman–Crippen LogP) is 1.45. The van der Waals surface area contributed by atoms with E-state index in [-0.39, 0.29) is 5.75 Å². The number of hydrogen-bond acceptors (Lipinski definition) is 4. The van der Waals surface area contributed by atoms with Gasteiger partial charge in [0.15, 0.2) is 0 Å². The molecular weight excluding hydrogens is 226 g/mol. The van der Waals surface area contributed by atoms with E-state index in [2.05, 4.69) is 9.71 Å². The van der Waals surface area contributed by atoms with Crippen molar-refractivity contribution in [2.24, 2.45) is 5.92 Å². The van der Waals surface area contributed by atoms with Crippen molar-refractivity contribution < 1.29 is 8.42 Å². The quantitative estimate of drug-likeness (QED) is 0.819. The lowest BCUT2D eigenvalue weighted by Gasteiger charge is -2.08. The minimum absolute atomic E-state index is 0.120. The number of pyridine rings is 1. The highest BCUT2D eigenvalue weighted by Crippen LogP contribution is 2.11. The first-order valence-corrected chi connectivity index (χ1v) is 6.76. The average Bonchev–Trinajstić information content (AvgIpc) is 2.19. The lowest BCUT2D eigenvalue weighted by molar-refractivity contribution is 0.578. The number of anilines is 2. The maximum Gasteiger partial charge on any atom is 0.232 e. The van der Waals surface area contributed by atoms with Gasteiger partial charge in [-0.3, -0.25) is 4.72 Å². The number of nitrogens with two attached hydrogens (primary N) is 1. The fourth-order valence-corrected chi connectivity index (χ4v) is 2.45. The van der Waals surface area contributed by atoms with E-state index in [1.807, 2.05) is 13.8 Å². The maximum atomic E-state index is 11.6. The third kappa shape index (κ3) is 4.48. The predicted molar refractivity (Wildman–Crippen MR) is 65.5 cm³/mol. The van der Waals surface area contributed by atoms with Crippen LogP contribution in [-0.4, -0.2) is 19.2 Å². The average molecular weight is 243 g/mol. The Morgan fingerprint density at radius 2 is 2.12 bits per heavy atom. The Morgan fingerprint density at radius 3 is 2.62 bits per heavy atom. The minimum atomic E-state index is -3.27. The monoisotopic (exact) mass is 243 g/mol. The van der Waals surface area contributed by atoms with E-state index in [0.29, 0.717) is 23.8 Å². The normalized spacial score (nSPS) is 11.7. The van der Waals surface area contributed by atoms with Crippen LogP contribution in [0.2, 0.25) is 0 Å². The standard InChI is InChI=1S/C10H17N3O2S/c1-8(2)5-6-16(14,15)13-9-3-4-10(11)12-7-9/h3-4,7-8,13H,5-6H2,1-2H3,(H2,11,12). The van der Waals surface area contributed by atoms with E-state index in [1.54, 1.807) is 12.1 Å². The van der Waals surface area contributed by atoms with Gasteiger partial charge < -0.3 is 5.73 Å². The van der Waals surface area contributed by atoms with Crippen LogP contribution in [0, 0.1) is 5.92 Å². The molecule has 5 nitrogen and oxygen atoms in total. The second-order valence-electron chi connectivity index (χ2n) is 4.08. The molecule has 6 heteroatoms. The lowest BCUT2D eigenvalue weighted by Crippen LogP contribution is -2.18. The highest BCUT2D eigenvalue weighted by atomic mass is 32.2. The molecule has 0 aliphatic heterocycles. The van der Waals surface area contributed by atoms with Crippen LogP contribution in [0.1, 0.15) is 20.3 Å². The molecule has 1 heterocycles. The SMILES string of the molecule is CC(C)CCS(=O)(=O)Nc1ccc(N)nc1. The van der Waals surface area contributed by atoms with E-state index >= 15 is 0 Å². The molecule has 16 heavy (non-hydrogen) atoms. The Labute approximate surface area is 96.1 Å². The second kappa shape index (κ2) is 5.16. The van der Waals surface area contributed by atoms with E-state index < -0.39 is 10.0 Å². The van der Waals surface area contributed by atoms with Crippen molar-refractivity contribution in [2.45, 2.75) is 20.3 Å². The molecule has 0 radical (unpaired) electrons. The summed E-state index contributed by atoms with van der Waals surface area (Å²) in [6.07, 6.45) is 2.04. The summed E-state index contributed by atoms with van der Waals surface area (Å²) in [5.41, 5.74) is 5.84. The smallest absolute Gasteiger partial charge is 0.232 e. The van der Waals surface area contributed by atoms with Gasteiger partial charge in [-0.25, -0.2) is 13.4 Å². The highest BCUT2D eigenvalue weighted by Gasteiger charge is 2.11. The van der Waals surface area contributed by atoms with Gasteiger partial charge in [-0.15, -0.1) is 0 Å². The molecule has 0 aliphatic rings. The minimum Gasteiger partial charge on any atom is -0.384 e. The zero-order valence-electron chi connectivity index (χ0n) is 9.47. The van der Waals surface area contributed by atoms with Crippen LogP contribution in [0.15, 0.2) is 18.3 Å². The molecule has 90 valence electrons. The van der Waals surface area contributed by atoms with Crippen molar-refractivity contribution in [1.29, 1.82) is 0 Å². The number of nitrogens with zero attached hydrogens (tertiary/aromatic N) is 1. The fourth-order valence-electron chi connectivity index (χ4n) is 1.09. The Balaban J connectivity index is 2.62. The van der Waals surface area contributed by atoms with Crippen molar-refractivity contribution in [1.82, 2.24) is 4.98 Å². The fraction of sp³-hybridized carbons (Fsp3) is 0.500. The molecular formula is C10H17N3O2S. The Bertz CT molecular complexity index is 426. The van der Waals surface area contributed by atoms with Crippen molar-refractivity contribution in [3.8, 4) is 0 Å². The number of rotatable bonds is 5. The van der Waals surface area contributed by atoms with Crippen LogP contribution >= 0.6 is 0 Å². The van der Waals surface area contributed by atoms with Gasteiger partial charge in [-0.05, 0) is 24.5 Å². The van der Waals surface area contributed by atoms with Gasteiger partial charge in [0.25, 0.3) is 0 Å². The van der Waals surface area contributed by atoms with Crippen molar-refractivity contribution in [3.05, 3.63) is 18.3 Å². The third-order valence-corrected chi connectivity index (χ3v) is 3.34. The first-order chi connectivity index (χ1) is 7.39. The first kappa shape index (κ1) is 12.8. The lowest BCUT2D eigenvalue weighted by atomic mass is 10.2. The van der Waals surface area contributed by atoms with Crippen LogP contribution in [0.4, 0.5) is 11.5 Å². The van der Waals surface area contributed by atoms with Crippen molar-refractivity contribution in [2.75, 3.05) is 16.2 Å². The largest absolute Gasteiger partial charge is 0.384 e. The summed E-state index contributed by atoms with van der Waals surface area (Å²) < 4.78 is 25.7. The third-order valence-electron chi connectivity index (χ3n) is 2.02. The Kier molecular flexibility index (Phi) is 4.12. The zero-order valence-corrected chi connectivity index (χ0v) is 10.3. The summed E-state index contributed by atoms with van der Waals surface area (Å²) in [7, 11) is -3.27. The zero-order chi connectivity index (χ0) is 12.2. The van der Waals surface area contributed by atoms with E-state index in [9.17, 15) is 8.42 Å². The number of nitrogen functional groups attached to an aromatic ring is 1. The maximum absolute atomic E-state index is 11.6. The molecule has 0 saturated carbocycles. The van der Waals surface area contributed by atoms with Crippen LogP contribution < -0.4 is 10.5 Å². The number of nitrogens with one attached hydrogen (secondary N) is 1. The van der Waals surface area contributed by atoms with Gasteiger partial charge in [-0.1, -0.05) is 13.8 Å². The molecule has 3 N–H and O–H groups in total. The van der Waals surface area contributed by atoms with Gasteiger partial charge in [0.05, 0.1) is 17.6 Å². The molecule has 0 atom stereocenters. The number of aromatic nitrogens is 1. The molecule has 0 aliphatic carbocycles.